The Hall–Kier alpha value is -2.28. The average Bonchev–Trinajstić information content (AvgIpc) is 3.31. The maximum Gasteiger partial charge on any atom is 0.475 e. The number of phosphoric acid groups is 1. The number of hydrogen-bond donors (Lipinski definition) is 4. The zero-order chi connectivity index (χ0) is 25.0. The highest BCUT2D eigenvalue weighted by Crippen LogP contribution is 2.57. The summed E-state index contributed by atoms with van der Waals surface area (Å²) in [5, 5.41) is 22.6. The zero-order valence-corrected chi connectivity index (χ0v) is 20.2. The number of aromatic nitrogens is 3. The predicted molar refractivity (Wildman–Crippen MR) is 125 cm³/mol. The number of ether oxygens (including phenoxy) is 1. The number of anilines is 1. The van der Waals surface area contributed by atoms with Crippen LogP contribution in [0, 0.1) is 0 Å². The lowest BCUT2D eigenvalue weighted by molar-refractivity contribution is -0.0950. The van der Waals surface area contributed by atoms with Gasteiger partial charge in [0.25, 0.3) is 5.56 Å². The molecule has 0 amide bonds. The Bertz CT molecular complexity index is 1360. The van der Waals surface area contributed by atoms with E-state index in [-0.39, 0.29) is 23.6 Å². The molecule has 35 heavy (non-hydrogen) atoms. The summed E-state index contributed by atoms with van der Waals surface area (Å²) < 4.78 is 36.8. The van der Waals surface area contributed by atoms with E-state index in [1.165, 1.54) is 23.8 Å². The summed E-state index contributed by atoms with van der Waals surface area (Å²) in [6.45, 7) is 1.10. The fourth-order valence-corrected chi connectivity index (χ4v) is 5.90. The van der Waals surface area contributed by atoms with Crippen LogP contribution in [-0.4, -0.2) is 55.8 Å². The molecule has 1 aromatic carbocycles. The molecule has 2 aliphatic heterocycles. The number of nitrogens with one attached hydrogen (secondary N) is 1. The number of aromatic amines is 1. The quantitative estimate of drug-likeness (QED) is 0.361. The Morgan fingerprint density at radius 1 is 1.43 bits per heavy atom. The monoisotopic (exact) mass is 526 g/mol. The van der Waals surface area contributed by atoms with Gasteiger partial charge in [0.2, 0.25) is 5.95 Å². The number of benzene rings is 1. The van der Waals surface area contributed by atoms with Crippen LogP contribution in [0.4, 0.5) is 5.95 Å². The van der Waals surface area contributed by atoms with Gasteiger partial charge in [-0.25, -0.2) is 4.57 Å². The van der Waals surface area contributed by atoms with Gasteiger partial charge in [-0.05, 0) is 30.7 Å². The molecule has 188 valence electrons. The molecule has 2 aliphatic rings. The van der Waals surface area contributed by atoms with Gasteiger partial charge in [0.05, 0.1) is 24.7 Å². The molecule has 0 saturated carbocycles. The van der Waals surface area contributed by atoms with Crippen molar-refractivity contribution in [3.05, 3.63) is 57.5 Å². The lowest BCUT2D eigenvalue weighted by Gasteiger charge is -2.30. The van der Waals surface area contributed by atoms with Crippen molar-refractivity contribution in [1.82, 2.24) is 14.5 Å². The molecule has 2 aromatic heterocycles. The second kappa shape index (κ2) is 8.99. The molecule has 5 N–H and O–H groups in total. The first-order valence-corrected chi connectivity index (χ1v) is 12.7. The zero-order valence-electron chi connectivity index (χ0n) is 18.5. The third-order valence-electron chi connectivity index (χ3n) is 6.11. The van der Waals surface area contributed by atoms with Crippen LogP contribution in [0.25, 0.3) is 11.0 Å². The molecular weight excluding hydrogens is 503 g/mol. The van der Waals surface area contributed by atoms with Crippen LogP contribution in [0.5, 0.6) is 0 Å². The van der Waals surface area contributed by atoms with Crippen molar-refractivity contribution in [3.8, 4) is 0 Å². The number of phosphoric ester groups is 1. The van der Waals surface area contributed by atoms with Crippen LogP contribution in [0.15, 0.2) is 41.3 Å². The number of aliphatic hydroxyl groups is 2. The van der Waals surface area contributed by atoms with Crippen molar-refractivity contribution in [2.24, 2.45) is 0 Å². The molecule has 0 radical (unpaired) electrons. The minimum absolute atomic E-state index is 0.112. The summed E-state index contributed by atoms with van der Waals surface area (Å²) in [7, 11) is -4.00. The molecule has 14 heteroatoms. The van der Waals surface area contributed by atoms with E-state index in [0.717, 1.165) is 5.56 Å². The lowest BCUT2D eigenvalue weighted by atomic mass is 9.96. The van der Waals surface area contributed by atoms with Crippen molar-refractivity contribution >= 4 is 36.4 Å². The Morgan fingerprint density at radius 3 is 3.00 bits per heavy atom. The molecule has 6 atom stereocenters. The molecule has 0 aliphatic carbocycles. The van der Waals surface area contributed by atoms with E-state index in [4.69, 9.17) is 35.6 Å². The highest BCUT2D eigenvalue weighted by Gasteiger charge is 2.54. The number of H-pyrrole nitrogens is 1. The molecular formula is C21H24ClN4O8P. The molecule has 4 heterocycles. The number of hydrogen-bond acceptors (Lipinski definition) is 10. The maximum absolute atomic E-state index is 13.1. The standard InChI is InChI=1S/C21H24ClN4O8P/c1-21(29)16(27)15(33-19(21)26-7-5-13-17(26)24-20(23)25-18(13)28)10-32-35(30)31-8-6-14(34-35)11-3-2-4-12(22)9-11/h2-5,7,9,14-16,19,27,29H,6,8,10H2,1H3,(H3,23,24,25,28)/t14-,15-,16-,19-,21-,35+/m1/s1. The predicted octanol–water partition coefficient (Wildman–Crippen LogP) is 2.27. The van der Waals surface area contributed by atoms with Crippen molar-refractivity contribution < 1.29 is 33.1 Å². The molecule has 5 rings (SSSR count). The number of rotatable bonds is 5. The first kappa shape index (κ1) is 24.4. The molecule has 0 unspecified atom stereocenters. The third-order valence-corrected chi connectivity index (χ3v) is 7.82. The van der Waals surface area contributed by atoms with Crippen LogP contribution in [0.2, 0.25) is 5.02 Å². The first-order chi connectivity index (χ1) is 16.6. The summed E-state index contributed by atoms with van der Waals surface area (Å²) in [5.74, 6) is -0.112. The largest absolute Gasteiger partial charge is 0.475 e. The lowest BCUT2D eigenvalue weighted by Crippen LogP contribution is -2.44. The van der Waals surface area contributed by atoms with Crippen LogP contribution in [-0.2, 0) is 22.9 Å². The van der Waals surface area contributed by atoms with Gasteiger partial charge in [-0.1, -0.05) is 23.7 Å². The highest BCUT2D eigenvalue weighted by molar-refractivity contribution is 7.48. The van der Waals surface area contributed by atoms with Gasteiger partial charge in [-0.2, -0.15) is 4.98 Å². The van der Waals surface area contributed by atoms with Gasteiger partial charge in [0.1, 0.15) is 17.8 Å². The molecule has 2 fully saturated rings. The van der Waals surface area contributed by atoms with Gasteiger partial charge in [-0.3, -0.25) is 23.3 Å². The minimum Gasteiger partial charge on any atom is -0.387 e. The Morgan fingerprint density at radius 2 is 2.23 bits per heavy atom. The van der Waals surface area contributed by atoms with E-state index >= 15 is 0 Å². The second-order valence-corrected chi connectivity index (χ2v) is 10.7. The second-order valence-electron chi connectivity index (χ2n) is 8.62. The smallest absolute Gasteiger partial charge is 0.387 e. The maximum atomic E-state index is 13.1. The summed E-state index contributed by atoms with van der Waals surface area (Å²) in [5.41, 5.74) is 4.29. The summed E-state index contributed by atoms with van der Waals surface area (Å²) >= 11 is 6.05. The van der Waals surface area contributed by atoms with Gasteiger partial charge < -0.3 is 25.3 Å². The fourth-order valence-electron chi connectivity index (χ4n) is 4.30. The van der Waals surface area contributed by atoms with E-state index in [9.17, 15) is 19.6 Å². The number of fused-ring (bicyclic) bond motifs is 1. The first-order valence-electron chi connectivity index (χ1n) is 10.8. The summed E-state index contributed by atoms with van der Waals surface area (Å²) in [4.78, 5) is 18.7. The molecule has 0 bridgehead atoms. The van der Waals surface area contributed by atoms with Crippen LogP contribution in [0.1, 0.15) is 31.2 Å². The molecule has 0 spiro atoms. The van der Waals surface area contributed by atoms with Gasteiger partial charge in [-0.15, -0.1) is 0 Å². The Balaban J connectivity index is 1.33. The van der Waals surface area contributed by atoms with Crippen LogP contribution < -0.4 is 11.3 Å². The molecule has 3 aromatic rings. The van der Waals surface area contributed by atoms with E-state index in [0.29, 0.717) is 11.4 Å². The topological polar surface area (TPSA) is 171 Å². The number of aliphatic hydroxyl groups excluding tert-OH is 1. The molecule has 2 saturated heterocycles. The van der Waals surface area contributed by atoms with Gasteiger partial charge >= 0.3 is 7.82 Å². The SMILES string of the molecule is C[C@@]1(O)[C@H](O)[C@@H](CO[P@]2(=O)OCC[C@H](c3cccc(Cl)c3)O2)O[C@H]1n1ccc2c(=O)[nH]c(N)nc21. The van der Waals surface area contributed by atoms with E-state index < -0.39 is 50.1 Å². The number of halogens is 1. The van der Waals surface area contributed by atoms with Crippen molar-refractivity contribution in [1.29, 1.82) is 0 Å². The van der Waals surface area contributed by atoms with Crippen molar-refractivity contribution in [2.45, 2.75) is 43.5 Å². The van der Waals surface area contributed by atoms with E-state index in [1.807, 2.05) is 0 Å². The Labute approximate surface area is 204 Å². The highest BCUT2D eigenvalue weighted by atomic mass is 35.5. The van der Waals surface area contributed by atoms with E-state index in [2.05, 4.69) is 9.97 Å². The number of nitrogens with two attached hydrogens (primary N) is 1. The van der Waals surface area contributed by atoms with Gasteiger partial charge in [0, 0.05) is 17.6 Å². The summed E-state index contributed by atoms with van der Waals surface area (Å²) in [6.07, 6.45) is -2.30. The fraction of sp³-hybridized carbons (Fsp3) is 0.429. The third kappa shape index (κ3) is 4.52. The van der Waals surface area contributed by atoms with Crippen molar-refractivity contribution in [2.75, 3.05) is 18.9 Å². The van der Waals surface area contributed by atoms with Crippen molar-refractivity contribution in [3.63, 3.8) is 0 Å². The Kier molecular flexibility index (Phi) is 6.27. The summed E-state index contributed by atoms with van der Waals surface area (Å²) in [6, 6.07) is 8.48. The van der Waals surface area contributed by atoms with Crippen LogP contribution >= 0.6 is 19.4 Å². The van der Waals surface area contributed by atoms with Gasteiger partial charge in [0.15, 0.2) is 11.9 Å². The van der Waals surface area contributed by atoms with E-state index in [1.54, 1.807) is 24.3 Å². The number of nitrogens with zero attached hydrogens (tertiary/aromatic N) is 2. The molecule has 12 nitrogen and oxygen atoms in total. The minimum atomic E-state index is -4.00. The van der Waals surface area contributed by atoms with Crippen LogP contribution in [0.3, 0.4) is 0 Å². The number of nitrogen functional groups attached to an aromatic ring is 1. The average molecular weight is 527 g/mol. The normalized spacial score (nSPS) is 33.4.